The molecule has 6 heteroatoms. The lowest BCUT2D eigenvalue weighted by Gasteiger charge is -2.14. The SMILES string of the molecule is CCCCCCOc1ccc(-n2c3ccccc3c3c2c2c4ccccc4n(-c4ccc(OCCCCCC)cc4)c2c2c4ccccc4n(-c4ccc(OCCCCCC)cc4)c32)cc1. The van der Waals surface area contributed by atoms with Gasteiger partial charge < -0.3 is 27.9 Å². The van der Waals surface area contributed by atoms with Crippen molar-refractivity contribution in [2.75, 3.05) is 19.8 Å². The van der Waals surface area contributed by atoms with E-state index in [-0.39, 0.29) is 0 Å². The third-order valence-corrected chi connectivity index (χ3v) is 13.4. The number of hydrogen-bond donors (Lipinski definition) is 0. The first-order valence-corrected chi connectivity index (χ1v) is 24.8. The monoisotopic (exact) mass is 873 g/mol. The predicted molar refractivity (Wildman–Crippen MR) is 278 cm³/mol. The molecule has 66 heavy (non-hydrogen) atoms. The van der Waals surface area contributed by atoms with Gasteiger partial charge in [-0.25, -0.2) is 0 Å². The van der Waals surface area contributed by atoms with Crippen LogP contribution < -0.4 is 14.2 Å². The summed E-state index contributed by atoms with van der Waals surface area (Å²) >= 11 is 0. The van der Waals surface area contributed by atoms with Crippen LogP contribution in [0.1, 0.15) is 97.8 Å². The molecule has 6 nitrogen and oxygen atoms in total. The second kappa shape index (κ2) is 19.8. The minimum absolute atomic E-state index is 0.732. The molecular formula is C60H63N3O3. The third-order valence-electron chi connectivity index (χ3n) is 13.4. The molecule has 0 radical (unpaired) electrons. The molecule has 0 saturated carbocycles. The maximum atomic E-state index is 6.29. The van der Waals surface area contributed by atoms with Gasteiger partial charge in [-0.05, 0) is 110 Å². The van der Waals surface area contributed by atoms with Crippen LogP contribution in [0.3, 0.4) is 0 Å². The highest BCUT2D eigenvalue weighted by atomic mass is 16.5. The lowest BCUT2D eigenvalue weighted by Crippen LogP contribution is -2.00. The third kappa shape index (κ3) is 8.16. The molecule has 0 unspecified atom stereocenters. The van der Waals surface area contributed by atoms with Crippen molar-refractivity contribution in [2.45, 2.75) is 97.8 Å². The minimum Gasteiger partial charge on any atom is -0.494 e. The summed E-state index contributed by atoms with van der Waals surface area (Å²) < 4.78 is 26.4. The summed E-state index contributed by atoms with van der Waals surface area (Å²) in [5.41, 5.74) is 10.3. The van der Waals surface area contributed by atoms with Gasteiger partial charge in [-0.1, -0.05) is 133 Å². The van der Waals surface area contributed by atoms with Crippen LogP contribution in [-0.4, -0.2) is 33.5 Å². The second-order valence-electron chi connectivity index (χ2n) is 17.9. The Morgan fingerprint density at radius 3 is 0.848 bits per heavy atom. The molecule has 0 aliphatic heterocycles. The van der Waals surface area contributed by atoms with Crippen molar-refractivity contribution in [1.29, 1.82) is 0 Å². The molecule has 0 amide bonds. The van der Waals surface area contributed by atoms with Crippen LogP contribution in [0, 0.1) is 0 Å². The van der Waals surface area contributed by atoms with Crippen molar-refractivity contribution in [3.63, 3.8) is 0 Å². The van der Waals surface area contributed by atoms with E-state index in [9.17, 15) is 0 Å². The molecule has 3 aromatic heterocycles. The summed E-state index contributed by atoms with van der Waals surface area (Å²) in [6, 6.07) is 53.2. The highest BCUT2D eigenvalue weighted by Gasteiger charge is 2.28. The Balaban J connectivity index is 1.25. The smallest absolute Gasteiger partial charge is 0.119 e. The standard InChI is InChI=1S/C60H63N3O3/c1-4-7-10-19-40-64-46-34-28-43(29-35-46)61-52-25-16-13-22-49(52)55-58(61)56-50-23-14-17-26-53(50)62(44-30-36-47(37-31-44)65-41-20-11-8-5-2)60(56)57-51-24-15-18-27-54(51)63(59(55)57)45-32-38-48(39-33-45)66-42-21-12-9-6-3/h13-18,22-39H,4-12,19-21,40-42H2,1-3H3. The second-order valence-corrected chi connectivity index (χ2v) is 17.9. The number of aromatic nitrogens is 3. The molecule has 0 atom stereocenters. The lowest BCUT2D eigenvalue weighted by molar-refractivity contribution is 0.305. The van der Waals surface area contributed by atoms with Crippen LogP contribution in [0.2, 0.25) is 0 Å². The Hall–Kier alpha value is -6.66. The summed E-state index contributed by atoms with van der Waals surface area (Å²) in [6.07, 6.45) is 14.2. The van der Waals surface area contributed by atoms with E-state index in [2.05, 4.69) is 180 Å². The van der Waals surface area contributed by atoms with Gasteiger partial charge in [0.1, 0.15) is 17.2 Å². The van der Waals surface area contributed by atoms with Gasteiger partial charge in [-0.3, -0.25) is 0 Å². The van der Waals surface area contributed by atoms with Gasteiger partial charge in [0.05, 0.1) is 52.9 Å². The quantitative estimate of drug-likeness (QED) is 0.0676. The average Bonchev–Trinajstić information content (AvgIpc) is 4.01. The highest BCUT2D eigenvalue weighted by Crippen LogP contribution is 2.50. The molecule has 10 aromatic rings. The fourth-order valence-corrected chi connectivity index (χ4v) is 10.2. The minimum atomic E-state index is 0.732. The number of nitrogens with zero attached hydrogens (tertiary/aromatic N) is 3. The lowest BCUT2D eigenvalue weighted by atomic mass is 10.0. The molecule has 0 fully saturated rings. The van der Waals surface area contributed by atoms with E-state index in [0.717, 1.165) is 89.9 Å². The van der Waals surface area contributed by atoms with Crippen molar-refractivity contribution in [1.82, 2.24) is 13.7 Å². The van der Waals surface area contributed by atoms with E-state index in [4.69, 9.17) is 14.2 Å². The highest BCUT2D eigenvalue weighted by molar-refractivity contribution is 6.40. The van der Waals surface area contributed by atoms with E-state index in [1.165, 1.54) is 107 Å². The van der Waals surface area contributed by atoms with Gasteiger partial charge in [0.25, 0.3) is 0 Å². The van der Waals surface area contributed by atoms with Gasteiger partial charge in [0.2, 0.25) is 0 Å². The van der Waals surface area contributed by atoms with E-state index in [1.807, 2.05) is 0 Å². The predicted octanol–water partition coefficient (Wildman–Crippen LogP) is 16.9. The normalized spacial score (nSPS) is 11.9. The van der Waals surface area contributed by atoms with Crippen LogP contribution in [0.5, 0.6) is 17.2 Å². The summed E-state index contributed by atoms with van der Waals surface area (Å²) in [5, 5.41) is 7.32. The maximum absolute atomic E-state index is 6.29. The Labute approximate surface area is 389 Å². The molecule has 0 aliphatic carbocycles. The first-order chi connectivity index (χ1) is 32.7. The van der Waals surface area contributed by atoms with E-state index < -0.39 is 0 Å². The van der Waals surface area contributed by atoms with Crippen LogP contribution in [-0.2, 0) is 0 Å². The van der Waals surface area contributed by atoms with E-state index in [0.29, 0.717) is 0 Å². The zero-order valence-electron chi connectivity index (χ0n) is 39.0. The van der Waals surface area contributed by atoms with Gasteiger partial charge >= 0.3 is 0 Å². The molecule has 3 heterocycles. The van der Waals surface area contributed by atoms with Crippen LogP contribution in [0.25, 0.3) is 82.5 Å². The average molecular weight is 874 g/mol. The summed E-state index contributed by atoms with van der Waals surface area (Å²) in [7, 11) is 0. The molecule has 0 bridgehead atoms. The van der Waals surface area contributed by atoms with Crippen molar-refractivity contribution < 1.29 is 14.2 Å². The molecule has 0 N–H and O–H groups in total. The van der Waals surface area contributed by atoms with Gasteiger partial charge in [0, 0.05) is 49.4 Å². The van der Waals surface area contributed by atoms with Crippen LogP contribution in [0.4, 0.5) is 0 Å². The number of fused-ring (bicyclic) bond motifs is 12. The van der Waals surface area contributed by atoms with Gasteiger partial charge in [0.15, 0.2) is 0 Å². The number of hydrogen-bond acceptors (Lipinski definition) is 3. The molecule has 0 aliphatic rings. The Morgan fingerprint density at radius 2 is 0.576 bits per heavy atom. The van der Waals surface area contributed by atoms with E-state index >= 15 is 0 Å². The number of rotatable bonds is 21. The van der Waals surface area contributed by atoms with Crippen molar-refractivity contribution in [3.8, 4) is 34.3 Å². The maximum Gasteiger partial charge on any atom is 0.119 e. The summed E-state index contributed by atoms with van der Waals surface area (Å²) in [5.74, 6) is 2.71. The van der Waals surface area contributed by atoms with Crippen LogP contribution >= 0.6 is 0 Å². The summed E-state index contributed by atoms with van der Waals surface area (Å²) in [6.45, 7) is 8.94. The van der Waals surface area contributed by atoms with Crippen molar-refractivity contribution in [2.24, 2.45) is 0 Å². The zero-order chi connectivity index (χ0) is 44.8. The van der Waals surface area contributed by atoms with E-state index in [1.54, 1.807) is 0 Å². The van der Waals surface area contributed by atoms with Crippen LogP contribution in [0.15, 0.2) is 146 Å². The molecule has 0 saturated heterocycles. The largest absolute Gasteiger partial charge is 0.494 e. The van der Waals surface area contributed by atoms with Crippen molar-refractivity contribution >= 4 is 65.4 Å². The first kappa shape index (κ1) is 43.2. The Morgan fingerprint density at radius 1 is 0.303 bits per heavy atom. The molecule has 336 valence electrons. The molecular weight excluding hydrogens is 811 g/mol. The fourth-order valence-electron chi connectivity index (χ4n) is 10.2. The number of unbranched alkanes of at least 4 members (excludes halogenated alkanes) is 9. The molecule has 10 rings (SSSR count). The Bertz CT molecular complexity index is 2850. The Kier molecular flexibility index (Phi) is 13.0. The number of ether oxygens (including phenoxy) is 3. The topological polar surface area (TPSA) is 42.5 Å². The molecule has 7 aromatic carbocycles. The molecule has 0 spiro atoms. The van der Waals surface area contributed by atoms with Gasteiger partial charge in [-0.15, -0.1) is 0 Å². The zero-order valence-corrected chi connectivity index (χ0v) is 39.0. The first-order valence-electron chi connectivity index (χ1n) is 24.8. The fraction of sp³-hybridized carbons (Fsp3) is 0.300. The summed E-state index contributed by atoms with van der Waals surface area (Å²) in [4.78, 5) is 0. The van der Waals surface area contributed by atoms with Crippen molar-refractivity contribution in [3.05, 3.63) is 146 Å². The van der Waals surface area contributed by atoms with Gasteiger partial charge in [-0.2, -0.15) is 0 Å². The number of benzene rings is 7. The number of para-hydroxylation sites is 3.